The van der Waals surface area contributed by atoms with E-state index in [0.29, 0.717) is 18.0 Å². The molecule has 0 aromatic heterocycles. The molecule has 0 amide bonds. The van der Waals surface area contributed by atoms with Crippen LogP contribution in [0.2, 0.25) is 0 Å². The van der Waals surface area contributed by atoms with Gasteiger partial charge >= 0.3 is 0 Å². The van der Waals surface area contributed by atoms with Gasteiger partial charge in [0.05, 0.1) is 6.07 Å². The Labute approximate surface area is 118 Å². The molecule has 1 N–H and O–H groups in total. The van der Waals surface area contributed by atoms with E-state index in [0.717, 1.165) is 19.5 Å². The van der Waals surface area contributed by atoms with Gasteiger partial charge in [-0.05, 0) is 57.9 Å². The molecule has 0 spiro atoms. The molecule has 3 atom stereocenters. The smallest absolute Gasteiger partial charge is 0.122 e. The number of hydrogen-bond acceptors (Lipinski definition) is 3. The summed E-state index contributed by atoms with van der Waals surface area (Å²) in [7, 11) is 0. The third-order valence-electron chi connectivity index (χ3n) is 5.02. The molecule has 0 aromatic carbocycles. The highest BCUT2D eigenvalue weighted by molar-refractivity contribution is 5.17. The second-order valence-electron chi connectivity index (χ2n) is 6.44. The van der Waals surface area contributed by atoms with Gasteiger partial charge < -0.3 is 0 Å². The zero-order valence-electron chi connectivity index (χ0n) is 12.8. The Morgan fingerprint density at radius 2 is 2.00 bits per heavy atom. The fraction of sp³-hybridized carbons (Fsp3) is 0.938. The Bertz CT molecular complexity index is 331. The van der Waals surface area contributed by atoms with Gasteiger partial charge in [0, 0.05) is 18.6 Å². The van der Waals surface area contributed by atoms with E-state index < -0.39 is 0 Å². The summed E-state index contributed by atoms with van der Waals surface area (Å²) in [4.78, 5) is 2.60. The lowest BCUT2D eigenvalue weighted by Crippen LogP contribution is -2.56. The van der Waals surface area contributed by atoms with Gasteiger partial charge in [0.2, 0.25) is 0 Å². The Balaban J connectivity index is 2.08. The van der Waals surface area contributed by atoms with E-state index in [1.165, 1.54) is 32.1 Å². The van der Waals surface area contributed by atoms with Gasteiger partial charge in [0.1, 0.15) is 5.54 Å². The minimum Gasteiger partial charge on any atom is -0.298 e. The van der Waals surface area contributed by atoms with Crippen LogP contribution in [0.3, 0.4) is 0 Å². The Morgan fingerprint density at radius 3 is 2.53 bits per heavy atom. The summed E-state index contributed by atoms with van der Waals surface area (Å²) in [6, 6.07) is 3.98. The van der Waals surface area contributed by atoms with Gasteiger partial charge in [-0.3, -0.25) is 10.2 Å². The molecule has 1 heterocycles. The Morgan fingerprint density at radius 1 is 1.26 bits per heavy atom. The minimum absolute atomic E-state index is 0.290. The summed E-state index contributed by atoms with van der Waals surface area (Å²) in [6.07, 6.45) is 7.36. The molecule has 19 heavy (non-hydrogen) atoms. The van der Waals surface area contributed by atoms with Gasteiger partial charge in [-0.25, -0.2) is 0 Å². The molecule has 1 saturated carbocycles. The average Bonchev–Trinajstić information content (AvgIpc) is 3.22. The summed E-state index contributed by atoms with van der Waals surface area (Å²) >= 11 is 0. The molecular formula is C16H29N3. The number of nitrogens with one attached hydrogen (secondary N) is 1. The van der Waals surface area contributed by atoms with Crippen LogP contribution in [0.15, 0.2) is 0 Å². The first-order valence-electron chi connectivity index (χ1n) is 8.08. The molecule has 2 fully saturated rings. The molecule has 3 nitrogen and oxygen atoms in total. The van der Waals surface area contributed by atoms with Crippen LogP contribution in [0, 0.1) is 17.2 Å². The zero-order chi connectivity index (χ0) is 13.9. The molecule has 0 radical (unpaired) electrons. The molecule has 1 aliphatic carbocycles. The van der Waals surface area contributed by atoms with Crippen molar-refractivity contribution in [1.82, 2.24) is 10.2 Å². The number of hydrogen-bond donors (Lipinski definition) is 1. The summed E-state index contributed by atoms with van der Waals surface area (Å²) in [5.41, 5.74) is -0.290. The highest BCUT2D eigenvalue weighted by atomic mass is 15.2. The molecular weight excluding hydrogens is 234 g/mol. The molecule has 1 saturated heterocycles. The van der Waals surface area contributed by atoms with E-state index in [2.05, 4.69) is 37.1 Å². The van der Waals surface area contributed by atoms with Gasteiger partial charge in [-0.1, -0.05) is 13.8 Å². The van der Waals surface area contributed by atoms with Crippen molar-refractivity contribution in [3.05, 3.63) is 0 Å². The largest absolute Gasteiger partial charge is 0.298 e. The molecule has 3 unspecified atom stereocenters. The first-order chi connectivity index (χ1) is 9.16. The lowest BCUT2D eigenvalue weighted by atomic mass is 9.93. The first kappa shape index (κ1) is 14.8. The summed E-state index contributed by atoms with van der Waals surface area (Å²) < 4.78 is 0. The van der Waals surface area contributed by atoms with Crippen molar-refractivity contribution in [3.8, 4) is 6.07 Å². The van der Waals surface area contributed by atoms with Crippen LogP contribution in [0.25, 0.3) is 0 Å². The van der Waals surface area contributed by atoms with Crippen LogP contribution in [0.1, 0.15) is 59.3 Å². The van der Waals surface area contributed by atoms with Gasteiger partial charge in [0.25, 0.3) is 0 Å². The average molecular weight is 263 g/mol. The minimum atomic E-state index is -0.290. The Hall–Kier alpha value is -0.590. The third kappa shape index (κ3) is 3.12. The van der Waals surface area contributed by atoms with E-state index in [1.807, 2.05) is 0 Å². The molecule has 3 heteroatoms. The monoisotopic (exact) mass is 263 g/mol. The summed E-state index contributed by atoms with van der Waals surface area (Å²) in [5.74, 6) is 0.578. The third-order valence-corrected chi connectivity index (χ3v) is 5.02. The lowest BCUT2D eigenvalue weighted by Gasteiger charge is -2.37. The number of likely N-dealkylation sites (tertiary alicyclic amines) is 1. The zero-order valence-corrected chi connectivity index (χ0v) is 12.8. The second-order valence-corrected chi connectivity index (χ2v) is 6.44. The quantitative estimate of drug-likeness (QED) is 0.767. The van der Waals surface area contributed by atoms with Crippen molar-refractivity contribution in [1.29, 1.82) is 5.26 Å². The maximum atomic E-state index is 9.78. The van der Waals surface area contributed by atoms with Crippen LogP contribution in [-0.2, 0) is 0 Å². The van der Waals surface area contributed by atoms with E-state index in [4.69, 9.17) is 0 Å². The molecule has 2 rings (SSSR count). The topological polar surface area (TPSA) is 39.1 Å². The maximum absolute atomic E-state index is 9.78. The molecule has 0 bridgehead atoms. The van der Waals surface area contributed by atoms with Crippen LogP contribution in [-0.4, -0.2) is 35.6 Å². The number of nitrogens with zero attached hydrogens (tertiary/aromatic N) is 2. The fourth-order valence-electron chi connectivity index (χ4n) is 3.56. The van der Waals surface area contributed by atoms with Gasteiger partial charge in [-0.15, -0.1) is 0 Å². The Kier molecular flexibility index (Phi) is 4.86. The summed E-state index contributed by atoms with van der Waals surface area (Å²) in [5, 5.41) is 13.4. The fourth-order valence-corrected chi connectivity index (χ4v) is 3.56. The van der Waals surface area contributed by atoms with Crippen molar-refractivity contribution in [3.63, 3.8) is 0 Å². The maximum Gasteiger partial charge on any atom is 0.122 e. The van der Waals surface area contributed by atoms with E-state index >= 15 is 0 Å². The predicted octanol–water partition coefficient (Wildman–Crippen LogP) is 2.92. The van der Waals surface area contributed by atoms with E-state index in [-0.39, 0.29) is 5.54 Å². The molecule has 108 valence electrons. The van der Waals surface area contributed by atoms with Crippen molar-refractivity contribution in [2.24, 2.45) is 5.92 Å². The van der Waals surface area contributed by atoms with Gasteiger partial charge in [-0.2, -0.15) is 5.26 Å². The molecule has 0 aromatic rings. The number of nitriles is 1. The van der Waals surface area contributed by atoms with Crippen molar-refractivity contribution in [2.75, 3.05) is 13.1 Å². The van der Waals surface area contributed by atoms with Crippen LogP contribution in [0.5, 0.6) is 0 Å². The highest BCUT2D eigenvalue weighted by Gasteiger charge is 2.48. The van der Waals surface area contributed by atoms with E-state index in [9.17, 15) is 5.26 Å². The van der Waals surface area contributed by atoms with Crippen molar-refractivity contribution >= 4 is 0 Å². The van der Waals surface area contributed by atoms with Crippen LogP contribution >= 0.6 is 0 Å². The highest BCUT2D eigenvalue weighted by Crippen LogP contribution is 2.41. The first-order valence-corrected chi connectivity index (χ1v) is 8.08. The number of rotatable bonds is 7. The van der Waals surface area contributed by atoms with E-state index in [1.54, 1.807) is 0 Å². The van der Waals surface area contributed by atoms with Crippen molar-refractivity contribution < 1.29 is 0 Å². The molecule has 1 aliphatic heterocycles. The normalized spacial score (nSPS) is 31.1. The second kappa shape index (κ2) is 6.24. The predicted molar refractivity (Wildman–Crippen MR) is 78.8 cm³/mol. The SMILES string of the molecule is CCCNC(C#N)(CN1C(C)CCC1CC)C1CC1. The van der Waals surface area contributed by atoms with Crippen LogP contribution in [0.4, 0.5) is 0 Å². The standard InChI is InChI=1S/C16H29N3/c1-4-10-18-16(11-17,14-7-8-14)12-19-13(3)6-9-15(19)5-2/h13-15,18H,4-10,12H2,1-3H3. The lowest BCUT2D eigenvalue weighted by molar-refractivity contribution is 0.144. The van der Waals surface area contributed by atoms with Crippen LogP contribution < -0.4 is 5.32 Å². The van der Waals surface area contributed by atoms with Crippen molar-refractivity contribution in [2.45, 2.75) is 76.9 Å². The van der Waals surface area contributed by atoms with Gasteiger partial charge in [0.15, 0.2) is 0 Å². The summed E-state index contributed by atoms with van der Waals surface area (Å²) in [6.45, 7) is 8.66. The molecule has 2 aliphatic rings.